The average Bonchev–Trinajstić information content (AvgIpc) is 3.07. The van der Waals surface area contributed by atoms with Crippen LogP contribution in [0.25, 0.3) is 0 Å². The summed E-state index contributed by atoms with van der Waals surface area (Å²) in [6.07, 6.45) is 7.24. The van der Waals surface area contributed by atoms with Gasteiger partial charge in [0.25, 0.3) is 0 Å². The summed E-state index contributed by atoms with van der Waals surface area (Å²) in [5, 5.41) is 0. The highest BCUT2D eigenvalue weighted by molar-refractivity contribution is 5.13. The van der Waals surface area contributed by atoms with Crippen LogP contribution in [0.15, 0.2) is 54.9 Å². The van der Waals surface area contributed by atoms with Gasteiger partial charge in [-0.1, -0.05) is 36.4 Å². The minimum absolute atomic E-state index is 0.0345. The van der Waals surface area contributed by atoms with Crippen LogP contribution in [0.4, 0.5) is 0 Å². The number of piperidine rings is 1. The summed E-state index contributed by atoms with van der Waals surface area (Å²) < 4.78 is 12.3. The lowest BCUT2D eigenvalue weighted by atomic mass is 9.88. The third kappa shape index (κ3) is 4.27. The Morgan fingerprint density at radius 1 is 1.08 bits per heavy atom. The fraction of sp³-hybridized carbons (Fsp3) is 0.476. The fourth-order valence-electron chi connectivity index (χ4n) is 3.91. The molecule has 1 spiro atoms. The molecular formula is C21H26N2O2. The summed E-state index contributed by atoms with van der Waals surface area (Å²) in [6, 6.07) is 14.5. The molecule has 2 fully saturated rings. The lowest BCUT2D eigenvalue weighted by Gasteiger charge is -2.38. The van der Waals surface area contributed by atoms with E-state index in [-0.39, 0.29) is 11.7 Å². The van der Waals surface area contributed by atoms with Crippen LogP contribution < -0.4 is 0 Å². The van der Waals surface area contributed by atoms with E-state index in [0.29, 0.717) is 6.61 Å². The zero-order chi connectivity index (χ0) is 17.0. The first-order valence-electron chi connectivity index (χ1n) is 9.22. The molecule has 2 aromatic rings. The van der Waals surface area contributed by atoms with Crippen LogP contribution in [0.5, 0.6) is 0 Å². The van der Waals surface area contributed by atoms with Gasteiger partial charge in [-0.25, -0.2) is 0 Å². The maximum atomic E-state index is 6.22. The Bertz CT molecular complexity index is 654. The molecule has 4 nitrogen and oxygen atoms in total. The number of aromatic nitrogens is 1. The smallest absolute Gasteiger partial charge is 0.0840 e. The Balaban J connectivity index is 1.24. The molecule has 1 aromatic carbocycles. The van der Waals surface area contributed by atoms with Crippen LogP contribution in [-0.4, -0.2) is 41.3 Å². The van der Waals surface area contributed by atoms with Gasteiger partial charge in [0, 0.05) is 38.4 Å². The molecule has 0 unspecified atom stereocenters. The Labute approximate surface area is 149 Å². The number of ether oxygens (including phenoxy) is 2. The first-order chi connectivity index (χ1) is 12.3. The molecule has 0 saturated carbocycles. The molecule has 0 radical (unpaired) electrons. The second kappa shape index (κ2) is 7.65. The van der Waals surface area contributed by atoms with E-state index in [1.807, 2.05) is 24.5 Å². The van der Waals surface area contributed by atoms with E-state index in [1.54, 1.807) is 0 Å². The van der Waals surface area contributed by atoms with Gasteiger partial charge in [-0.15, -0.1) is 0 Å². The number of pyridine rings is 1. The molecule has 2 aliphatic heterocycles. The normalized spacial score (nSPS) is 23.1. The van der Waals surface area contributed by atoms with Crippen LogP contribution in [0, 0.1) is 0 Å². The zero-order valence-corrected chi connectivity index (χ0v) is 14.6. The summed E-state index contributed by atoms with van der Waals surface area (Å²) >= 11 is 0. The standard InChI is InChI=1S/C21H26N2O2/c1-2-5-18(6-3-1)16-24-20-13-21(25-17-20)8-11-23(12-9-21)15-19-7-4-10-22-14-19/h1-7,10,14,20H,8-9,11-13,15-17H2/t20-/m1/s1. The van der Waals surface area contributed by atoms with E-state index in [2.05, 4.69) is 40.2 Å². The first-order valence-corrected chi connectivity index (χ1v) is 9.22. The number of hydrogen-bond acceptors (Lipinski definition) is 4. The summed E-state index contributed by atoms with van der Waals surface area (Å²) in [5.41, 5.74) is 2.55. The topological polar surface area (TPSA) is 34.6 Å². The van der Waals surface area contributed by atoms with Crippen molar-refractivity contribution >= 4 is 0 Å². The van der Waals surface area contributed by atoms with E-state index >= 15 is 0 Å². The number of rotatable bonds is 5. The first kappa shape index (κ1) is 16.7. The zero-order valence-electron chi connectivity index (χ0n) is 14.6. The van der Waals surface area contributed by atoms with Crippen molar-refractivity contribution in [2.75, 3.05) is 19.7 Å². The van der Waals surface area contributed by atoms with E-state index in [0.717, 1.165) is 45.5 Å². The highest BCUT2D eigenvalue weighted by Gasteiger charge is 2.43. The third-order valence-corrected chi connectivity index (χ3v) is 5.40. The van der Waals surface area contributed by atoms with Gasteiger partial charge in [0.1, 0.15) is 0 Å². The van der Waals surface area contributed by atoms with Gasteiger partial charge >= 0.3 is 0 Å². The van der Waals surface area contributed by atoms with Crippen molar-refractivity contribution in [2.45, 2.75) is 44.1 Å². The van der Waals surface area contributed by atoms with Crippen molar-refractivity contribution < 1.29 is 9.47 Å². The molecule has 132 valence electrons. The monoisotopic (exact) mass is 338 g/mol. The SMILES string of the molecule is c1ccc(CO[C@H]2COC3(CCN(Cc4cccnc4)CC3)C2)cc1. The van der Waals surface area contributed by atoms with Crippen LogP contribution in [0.3, 0.4) is 0 Å². The van der Waals surface area contributed by atoms with E-state index in [4.69, 9.17) is 9.47 Å². The fourth-order valence-corrected chi connectivity index (χ4v) is 3.91. The van der Waals surface area contributed by atoms with Crippen LogP contribution in [0.1, 0.15) is 30.4 Å². The predicted molar refractivity (Wildman–Crippen MR) is 97.1 cm³/mol. The summed E-state index contributed by atoms with van der Waals surface area (Å²) in [5.74, 6) is 0. The average molecular weight is 338 g/mol. The third-order valence-electron chi connectivity index (χ3n) is 5.40. The quantitative estimate of drug-likeness (QED) is 0.837. The minimum Gasteiger partial charge on any atom is -0.372 e. The van der Waals surface area contributed by atoms with Crippen molar-refractivity contribution in [3.8, 4) is 0 Å². The summed E-state index contributed by atoms with van der Waals surface area (Å²) in [7, 11) is 0. The molecule has 4 heteroatoms. The molecule has 25 heavy (non-hydrogen) atoms. The Hall–Kier alpha value is -1.75. The maximum Gasteiger partial charge on any atom is 0.0840 e. The highest BCUT2D eigenvalue weighted by Crippen LogP contribution is 2.37. The molecule has 1 aromatic heterocycles. The van der Waals surface area contributed by atoms with Crippen LogP contribution in [-0.2, 0) is 22.6 Å². The molecule has 0 aliphatic carbocycles. The number of likely N-dealkylation sites (tertiary alicyclic amines) is 1. The molecule has 2 aliphatic rings. The molecule has 3 heterocycles. The molecular weight excluding hydrogens is 312 g/mol. The lowest BCUT2D eigenvalue weighted by molar-refractivity contribution is -0.0468. The molecule has 1 atom stereocenters. The molecule has 0 amide bonds. The molecule has 0 bridgehead atoms. The molecule has 4 rings (SSSR count). The van der Waals surface area contributed by atoms with Crippen LogP contribution in [0.2, 0.25) is 0 Å². The Morgan fingerprint density at radius 3 is 2.64 bits per heavy atom. The minimum atomic E-state index is 0.0345. The van der Waals surface area contributed by atoms with Gasteiger partial charge in [0.05, 0.1) is 24.9 Å². The van der Waals surface area contributed by atoms with Gasteiger partial charge in [0.2, 0.25) is 0 Å². The van der Waals surface area contributed by atoms with Crippen molar-refractivity contribution in [1.82, 2.24) is 9.88 Å². The predicted octanol–water partition coefficient (Wildman–Crippen LogP) is 3.42. The van der Waals surface area contributed by atoms with E-state index < -0.39 is 0 Å². The van der Waals surface area contributed by atoms with Gasteiger partial charge in [0.15, 0.2) is 0 Å². The van der Waals surface area contributed by atoms with E-state index in [9.17, 15) is 0 Å². The number of benzene rings is 1. The number of hydrogen-bond donors (Lipinski definition) is 0. The highest BCUT2D eigenvalue weighted by atomic mass is 16.6. The van der Waals surface area contributed by atoms with Crippen molar-refractivity contribution in [3.05, 3.63) is 66.0 Å². The molecule has 2 saturated heterocycles. The van der Waals surface area contributed by atoms with Gasteiger partial charge in [-0.2, -0.15) is 0 Å². The van der Waals surface area contributed by atoms with Gasteiger partial charge in [-0.3, -0.25) is 9.88 Å². The summed E-state index contributed by atoms with van der Waals surface area (Å²) in [4.78, 5) is 6.71. The van der Waals surface area contributed by atoms with Gasteiger partial charge < -0.3 is 9.47 Å². The second-order valence-corrected chi connectivity index (χ2v) is 7.25. The second-order valence-electron chi connectivity index (χ2n) is 7.25. The van der Waals surface area contributed by atoms with Crippen molar-refractivity contribution in [3.63, 3.8) is 0 Å². The van der Waals surface area contributed by atoms with Crippen LogP contribution >= 0.6 is 0 Å². The molecule has 0 N–H and O–H groups in total. The van der Waals surface area contributed by atoms with Crippen molar-refractivity contribution in [2.24, 2.45) is 0 Å². The number of nitrogens with zero attached hydrogens (tertiary/aromatic N) is 2. The van der Waals surface area contributed by atoms with Gasteiger partial charge in [-0.05, 0) is 30.0 Å². The Kier molecular flexibility index (Phi) is 5.11. The summed E-state index contributed by atoms with van der Waals surface area (Å²) in [6.45, 7) is 4.56. The van der Waals surface area contributed by atoms with E-state index in [1.165, 1.54) is 11.1 Å². The van der Waals surface area contributed by atoms with Crippen molar-refractivity contribution in [1.29, 1.82) is 0 Å². The largest absolute Gasteiger partial charge is 0.372 e. The maximum absolute atomic E-state index is 6.22. The lowest BCUT2D eigenvalue weighted by Crippen LogP contribution is -2.43. The Morgan fingerprint density at radius 2 is 1.88 bits per heavy atom.